The molecule has 2 nitrogen and oxygen atoms in total. The molecule has 0 saturated heterocycles. The van der Waals surface area contributed by atoms with Crippen molar-refractivity contribution in [2.75, 3.05) is 7.11 Å². The Kier molecular flexibility index (Phi) is 4.04. The normalized spacial score (nSPS) is 12.7. The second-order valence-corrected chi connectivity index (χ2v) is 5.60. The van der Waals surface area contributed by atoms with Crippen LogP contribution in [-0.4, -0.2) is 7.11 Å². The van der Waals surface area contributed by atoms with Crippen LogP contribution in [0.3, 0.4) is 0 Å². The first-order valence-electron chi connectivity index (χ1n) is 6.10. The second kappa shape index (κ2) is 5.55. The lowest BCUT2D eigenvalue weighted by Gasteiger charge is -2.13. The molecule has 2 rings (SSSR count). The van der Waals surface area contributed by atoms with Gasteiger partial charge in [0.25, 0.3) is 0 Å². The van der Waals surface area contributed by atoms with Gasteiger partial charge >= 0.3 is 0 Å². The first-order chi connectivity index (χ1) is 8.63. The van der Waals surface area contributed by atoms with Crippen molar-refractivity contribution in [3.63, 3.8) is 0 Å². The Bertz CT molecular complexity index is 501. The summed E-state index contributed by atoms with van der Waals surface area (Å²) in [4.78, 5) is 1.08. The average molecular weight is 261 g/mol. The lowest BCUT2D eigenvalue weighted by Crippen LogP contribution is -2.11. The monoisotopic (exact) mass is 261 g/mol. The van der Waals surface area contributed by atoms with Gasteiger partial charge in [-0.05, 0) is 28.5 Å². The molecular formula is C15H19NOS. The van der Waals surface area contributed by atoms with Gasteiger partial charge in [-0.1, -0.05) is 38.1 Å². The fourth-order valence-corrected chi connectivity index (χ4v) is 2.83. The summed E-state index contributed by atoms with van der Waals surface area (Å²) in [6, 6.07) is 10.4. The van der Waals surface area contributed by atoms with E-state index in [4.69, 9.17) is 10.5 Å². The Labute approximate surface area is 112 Å². The van der Waals surface area contributed by atoms with Gasteiger partial charge in [0.05, 0.1) is 18.0 Å². The fraction of sp³-hybridized carbons (Fsp3) is 0.333. The van der Waals surface area contributed by atoms with Gasteiger partial charge in [-0.25, -0.2) is 0 Å². The van der Waals surface area contributed by atoms with Gasteiger partial charge < -0.3 is 10.5 Å². The Morgan fingerprint density at radius 1 is 1.06 bits per heavy atom. The molecule has 96 valence electrons. The van der Waals surface area contributed by atoms with Crippen LogP contribution in [0.25, 0.3) is 0 Å². The fourth-order valence-electron chi connectivity index (χ4n) is 1.94. The summed E-state index contributed by atoms with van der Waals surface area (Å²) in [5.74, 6) is 1.42. The molecule has 1 heterocycles. The molecule has 1 aromatic carbocycles. The van der Waals surface area contributed by atoms with Gasteiger partial charge in [0.1, 0.15) is 5.75 Å². The van der Waals surface area contributed by atoms with Crippen LogP contribution in [0.2, 0.25) is 0 Å². The average Bonchev–Trinajstić information content (AvgIpc) is 2.86. The van der Waals surface area contributed by atoms with Crippen LogP contribution in [0, 0.1) is 0 Å². The smallest absolute Gasteiger partial charge is 0.134 e. The Morgan fingerprint density at radius 2 is 1.67 bits per heavy atom. The molecule has 18 heavy (non-hydrogen) atoms. The summed E-state index contributed by atoms with van der Waals surface area (Å²) < 4.78 is 5.32. The first kappa shape index (κ1) is 13.1. The van der Waals surface area contributed by atoms with E-state index in [1.165, 1.54) is 5.56 Å². The SMILES string of the molecule is COc1ccsc1C(N)c1ccc(C(C)C)cc1. The molecule has 0 spiro atoms. The van der Waals surface area contributed by atoms with Crippen molar-refractivity contribution in [2.45, 2.75) is 25.8 Å². The van der Waals surface area contributed by atoms with E-state index < -0.39 is 0 Å². The molecule has 2 N–H and O–H groups in total. The van der Waals surface area contributed by atoms with Crippen LogP contribution in [0.5, 0.6) is 5.75 Å². The third-order valence-corrected chi connectivity index (χ3v) is 4.10. The summed E-state index contributed by atoms with van der Waals surface area (Å²) in [5.41, 5.74) is 8.76. The van der Waals surface area contributed by atoms with Crippen LogP contribution < -0.4 is 10.5 Å². The molecule has 0 aliphatic rings. The lowest BCUT2D eigenvalue weighted by molar-refractivity contribution is 0.411. The molecule has 0 aliphatic heterocycles. The van der Waals surface area contributed by atoms with Crippen molar-refractivity contribution in [1.29, 1.82) is 0 Å². The summed E-state index contributed by atoms with van der Waals surface area (Å²) in [6.07, 6.45) is 0. The molecule has 0 aliphatic carbocycles. The summed E-state index contributed by atoms with van der Waals surface area (Å²) >= 11 is 1.64. The van der Waals surface area contributed by atoms with Gasteiger partial charge in [0.2, 0.25) is 0 Å². The molecule has 2 aromatic rings. The highest BCUT2D eigenvalue weighted by Crippen LogP contribution is 2.33. The molecular weight excluding hydrogens is 242 g/mol. The predicted molar refractivity (Wildman–Crippen MR) is 77.4 cm³/mol. The summed E-state index contributed by atoms with van der Waals surface area (Å²) in [6.45, 7) is 4.38. The van der Waals surface area contributed by atoms with Crippen LogP contribution in [0.1, 0.15) is 41.8 Å². The molecule has 0 radical (unpaired) electrons. The van der Waals surface area contributed by atoms with E-state index in [9.17, 15) is 0 Å². The lowest BCUT2D eigenvalue weighted by atomic mass is 9.99. The molecule has 0 bridgehead atoms. The minimum atomic E-state index is -0.110. The van der Waals surface area contributed by atoms with Crippen molar-refractivity contribution in [3.8, 4) is 5.75 Å². The maximum atomic E-state index is 6.29. The van der Waals surface area contributed by atoms with Crippen molar-refractivity contribution in [1.82, 2.24) is 0 Å². The van der Waals surface area contributed by atoms with E-state index in [0.717, 1.165) is 16.2 Å². The van der Waals surface area contributed by atoms with Crippen LogP contribution in [0.15, 0.2) is 35.7 Å². The number of hydrogen-bond acceptors (Lipinski definition) is 3. The van der Waals surface area contributed by atoms with Crippen molar-refractivity contribution in [3.05, 3.63) is 51.7 Å². The number of methoxy groups -OCH3 is 1. The zero-order valence-electron chi connectivity index (χ0n) is 11.0. The Hall–Kier alpha value is -1.32. The minimum absolute atomic E-state index is 0.110. The maximum Gasteiger partial charge on any atom is 0.134 e. The number of benzene rings is 1. The standard InChI is InChI=1S/C15H19NOS/c1-10(2)11-4-6-12(7-5-11)14(16)15-13(17-3)8-9-18-15/h4-10,14H,16H2,1-3H3. The number of ether oxygens (including phenoxy) is 1. The number of thiophene rings is 1. The molecule has 0 amide bonds. The number of nitrogens with two attached hydrogens (primary N) is 1. The van der Waals surface area contributed by atoms with E-state index in [-0.39, 0.29) is 6.04 Å². The third kappa shape index (κ3) is 2.57. The topological polar surface area (TPSA) is 35.2 Å². The van der Waals surface area contributed by atoms with E-state index in [2.05, 4.69) is 38.1 Å². The predicted octanol–water partition coefficient (Wildman–Crippen LogP) is 3.93. The second-order valence-electron chi connectivity index (χ2n) is 4.65. The minimum Gasteiger partial charge on any atom is -0.496 e. The van der Waals surface area contributed by atoms with E-state index in [1.807, 2.05) is 11.4 Å². The Balaban J connectivity index is 2.26. The molecule has 1 atom stereocenters. The summed E-state index contributed by atoms with van der Waals surface area (Å²) in [7, 11) is 1.68. The number of rotatable bonds is 4. The van der Waals surface area contributed by atoms with Gasteiger partial charge in [0, 0.05) is 0 Å². The van der Waals surface area contributed by atoms with Crippen molar-refractivity contribution >= 4 is 11.3 Å². The van der Waals surface area contributed by atoms with Crippen LogP contribution in [-0.2, 0) is 0 Å². The van der Waals surface area contributed by atoms with Gasteiger partial charge in [0.15, 0.2) is 0 Å². The zero-order chi connectivity index (χ0) is 13.1. The summed E-state index contributed by atoms with van der Waals surface area (Å²) in [5, 5.41) is 2.01. The van der Waals surface area contributed by atoms with E-state index >= 15 is 0 Å². The van der Waals surface area contributed by atoms with Crippen LogP contribution in [0.4, 0.5) is 0 Å². The van der Waals surface area contributed by atoms with Gasteiger partial charge in [-0.3, -0.25) is 0 Å². The van der Waals surface area contributed by atoms with Gasteiger partial charge in [-0.15, -0.1) is 11.3 Å². The largest absolute Gasteiger partial charge is 0.496 e. The Morgan fingerprint density at radius 3 is 2.22 bits per heavy atom. The van der Waals surface area contributed by atoms with Gasteiger partial charge in [-0.2, -0.15) is 0 Å². The van der Waals surface area contributed by atoms with E-state index in [1.54, 1.807) is 18.4 Å². The molecule has 1 unspecified atom stereocenters. The highest BCUT2D eigenvalue weighted by molar-refractivity contribution is 7.10. The number of hydrogen-bond donors (Lipinski definition) is 1. The molecule has 0 fully saturated rings. The maximum absolute atomic E-state index is 6.29. The van der Waals surface area contributed by atoms with Crippen molar-refractivity contribution in [2.24, 2.45) is 5.73 Å². The first-order valence-corrected chi connectivity index (χ1v) is 6.98. The van der Waals surface area contributed by atoms with Crippen LogP contribution >= 0.6 is 11.3 Å². The van der Waals surface area contributed by atoms with E-state index in [0.29, 0.717) is 5.92 Å². The highest BCUT2D eigenvalue weighted by Gasteiger charge is 2.15. The molecule has 3 heteroatoms. The highest BCUT2D eigenvalue weighted by atomic mass is 32.1. The molecule has 0 saturated carbocycles. The zero-order valence-corrected chi connectivity index (χ0v) is 11.8. The van der Waals surface area contributed by atoms with Crippen molar-refractivity contribution < 1.29 is 4.74 Å². The molecule has 1 aromatic heterocycles. The third-order valence-electron chi connectivity index (χ3n) is 3.12. The quantitative estimate of drug-likeness (QED) is 0.905.